The summed E-state index contributed by atoms with van der Waals surface area (Å²) in [6.45, 7) is 1.83. The first-order valence-corrected chi connectivity index (χ1v) is 9.77. The minimum Gasteiger partial charge on any atom is -0.362 e. The molecule has 0 saturated carbocycles. The summed E-state index contributed by atoms with van der Waals surface area (Å²) < 4.78 is 14.0. The number of hydrogen-bond acceptors (Lipinski definition) is 4. The monoisotopic (exact) mass is 382 g/mol. The highest BCUT2D eigenvalue weighted by Crippen LogP contribution is 2.43. The van der Waals surface area contributed by atoms with Crippen LogP contribution in [0.3, 0.4) is 0 Å². The molecule has 0 fully saturated rings. The number of amides is 1. The summed E-state index contributed by atoms with van der Waals surface area (Å²) in [7, 11) is 0. The molecule has 4 rings (SSSR count). The number of benzene rings is 1. The van der Waals surface area contributed by atoms with Crippen LogP contribution in [0, 0.1) is 5.82 Å². The van der Waals surface area contributed by atoms with Gasteiger partial charge in [-0.1, -0.05) is 18.2 Å². The second-order valence-corrected chi connectivity index (χ2v) is 7.69. The third kappa shape index (κ3) is 3.21. The zero-order chi connectivity index (χ0) is 19.0. The first kappa shape index (κ1) is 17.7. The van der Waals surface area contributed by atoms with Crippen LogP contribution in [0.4, 0.5) is 10.1 Å². The first-order valence-electron chi connectivity index (χ1n) is 8.89. The lowest BCUT2D eigenvalue weighted by atomic mass is 9.77. The van der Waals surface area contributed by atoms with E-state index in [2.05, 4.69) is 10.6 Å². The van der Waals surface area contributed by atoms with Crippen LogP contribution in [0.5, 0.6) is 0 Å². The van der Waals surface area contributed by atoms with E-state index in [1.807, 2.05) is 24.4 Å². The minimum atomic E-state index is -0.491. The third-order valence-electron chi connectivity index (χ3n) is 4.97. The highest BCUT2D eigenvalue weighted by atomic mass is 32.1. The van der Waals surface area contributed by atoms with Crippen LogP contribution in [0.2, 0.25) is 0 Å². The van der Waals surface area contributed by atoms with Gasteiger partial charge in [-0.15, -0.1) is 11.3 Å². The molecule has 27 heavy (non-hydrogen) atoms. The number of anilines is 1. The molecule has 138 valence electrons. The number of nitrogens with one attached hydrogen (secondary N) is 2. The van der Waals surface area contributed by atoms with Crippen molar-refractivity contribution >= 4 is 28.7 Å². The van der Waals surface area contributed by atoms with Gasteiger partial charge in [-0.25, -0.2) is 4.39 Å². The van der Waals surface area contributed by atoms with Gasteiger partial charge in [0.05, 0.1) is 11.6 Å². The number of hydrogen-bond donors (Lipinski definition) is 2. The van der Waals surface area contributed by atoms with E-state index in [4.69, 9.17) is 0 Å². The molecular formula is C21H19FN2O2S. The van der Waals surface area contributed by atoms with Crippen molar-refractivity contribution in [1.82, 2.24) is 5.32 Å². The zero-order valence-electron chi connectivity index (χ0n) is 14.8. The molecule has 2 heterocycles. The molecule has 1 aliphatic carbocycles. The minimum absolute atomic E-state index is 0.0749. The van der Waals surface area contributed by atoms with Gasteiger partial charge in [0.25, 0.3) is 5.91 Å². The summed E-state index contributed by atoms with van der Waals surface area (Å²) in [5.41, 5.74) is 2.88. The lowest BCUT2D eigenvalue weighted by molar-refractivity contribution is -0.116. The summed E-state index contributed by atoms with van der Waals surface area (Å²) in [6.07, 6.45) is 2.10. The molecule has 2 aliphatic rings. The Morgan fingerprint density at radius 1 is 1.22 bits per heavy atom. The smallest absolute Gasteiger partial charge is 0.254 e. The average Bonchev–Trinajstić information content (AvgIpc) is 3.17. The number of carbonyl (C=O) groups is 2. The first-order chi connectivity index (χ1) is 13.1. The van der Waals surface area contributed by atoms with Crippen molar-refractivity contribution in [2.45, 2.75) is 32.1 Å². The number of para-hydroxylation sites is 1. The van der Waals surface area contributed by atoms with Crippen LogP contribution in [-0.2, 0) is 9.59 Å². The average molecular weight is 382 g/mol. The van der Waals surface area contributed by atoms with E-state index >= 15 is 0 Å². The zero-order valence-corrected chi connectivity index (χ0v) is 15.7. The van der Waals surface area contributed by atoms with E-state index in [0.717, 1.165) is 23.4 Å². The van der Waals surface area contributed by atoms with Crippen LogP contribution < -0.4 is 10.6 Å². The number of Topliss-reactive ketones (excluding diaryl/α,β-unsaturated/α-hetero) is 1. The normalized spacial score (nSPS) is 19.6. The van der Waals surface area contributed by atoms with E-state index in [-0.39, 0.29) is 11.5 Å². The van der Waals surface area contributed by atoms with Crippen molar-refractivity contribution < 1.29 is 14.0 Å². The summed E-state index contributed by atoms with van der Waals surface area (Å²) in [5, 5.41) is 7.87. The Morgan fingerprint density at radius 2 is 2.04 bits per heavy atom. The Bertz CT molecular complexity index is 976. The highest BCUT2D eigenvalue weighted by Gasteiger charge is 2.38. The van der Waals surface area contributed by atoms with E-state index in [0.29, 0.717) is 23.3 Å². The summed E-state index contributed by atoms with van der Waals surface area (Å²) in [4.78, 5) is 26.8. The molecule has 0 unspecified atom stereocenters. The molecule has 4 nitrogen and oxygen atoms in total. The summed E-state index contributed by atoms with van der Waals surface area (Å²) in [6, 6.07) is 9.92. The van der Waals surface area contributed by atoms with Gasteiger partial charge in [0.2, 0.25) is 0 Å². The maximum absolute atomic E-state index is 14.0. The van der Waals surface area contributed by atoms with E-state index < -0.39 is 17.6 Å². The Hall–Kier alpha value is -2.73. The molecule has 0 saturated heterocycles. The van der Waals surface area contributed by atoms with E-state index in [9.17, 15) is 14.0 Å². The maximum atomic E-state index is 14.0. The van der Waals surface area contributed by atoms with Gasteiger partial charge in [0.15, 0.2) is 5.78 Å². The van der Waals surface area contributed by atoms with Crippen molar-refractivity contribution in [3.63, 3.8) is 0 Å². The number of ketones is 1. The molecule has 2 N–H and O–H groups in total. The fraction of sp³-hybridized carbons (Fsp3) is 0.238. The lowest BCUT2D eigenvalue weighted by Gasteiger charge is -2.33. The fourth-order valence-corrected chi connectivity index (χ4v) is 4.62. The van der Waals surface area contributed by atoms with Gasteiger partial charge in [-0.3, -0.25) is 9.59 Å². The van der Waals surface area contributed by atoms with Gasteiger partial charge in [0.1, 0.15) is 5.82 Å². The predicted molar refractivity (Wildman–Crippen MR) is 104 cm³/mol. The Balaban J connectivity index is 1.77. The van der Waals surface area contributed by atoms with Gasteiger partial charge in [-0.05, 0) is 43.3 Å². The Labute approximate surface area is 160 Å². The summed E-state index contributed by atoms with van der Waals surface area (Å²) >= 11 is 1.52. The predicted octanol–water partition coefficient (Wildman–Crippen LogP) is 4.49. The van der Waals surface area contributed by atoms with Crippen molar-refractivity contribution in [2.75, 3.05) is 5.32 Å². The molecule has 1 aromatic heterocycles. The number of dihydropyridines is 1. The Kier molecular flexibility index (Phi) is 4.66. The van der Waals surface area contributed by atoms with Crippen molar-refractivity contribution in [2.24, 2.45) is 0 Å². The lowest BCUT2D eigenvalue weighted by Crippen LogP contribution is -2.35. The molecule has 6 heteroatoms. The Morgan fingerprint density at radius 3 is 2.78 bits per heavy atom. The molecule has 0 radical (unpaired) electrons. The van der Waals surface area contributed by atoms with Gasteiger partial charge < -0.3 is 10.6 Å². The molecule has 1 aliphatic heterocycles. The second-order valence-electron chi connectivity index (χ2n) is 6.72. The molecule has 2 aromatic rings. The maximum Gasteiger partial charge on any atom is 0.254 e. The molecule has 1 atom stereocenters. The van der Waals surface area contributed by atoms with Gasteiger partial charge in [0, 0.05) is 33.8 Å². The van der Waals surface area contributed by atoms with Gasteiger partial charge >= 0.3 is 0 Å². The standard InChI is InChI=1S/C21H19FN2O2S/c1-12-18(21(26)24-14-7-3-2-6-13(14)22)20(17-10-5-11-27-17)19-15(23-12)8-4-9-16(19)25/h2-3,5-7,10-11,20,23H,4,8-9H2,1H3,(H,24,26)/t20-/m0/s1. The van der Waals surface area contributed by atoms with Crippen LogP contribution in [0.1, 0.15) is 37.0 Å². The number of carbonyl (C=O) groups excluding carboxylic acids is 2. The third-order valence-corrected chi connectivity index (χ3v) is 5.91. The molecule has 1 amide bonds. The summed E-state index contributed by atoms with van der Waals surface area (Å²) in [5.74, 6) is -1.23. The number of thiophene rings is 1. The molecule has 0 spiro atoms. The van der Waals surface area contributed by atoms with E-state index in [1.165, 1.54) is 23.5 Å². The van der Waals surface area contributed by atoms with Crippen molar-refractivity contribution in [3.8, 4) is 0 Å². The molecular weight excluding hydrogens is 363 g/mol. The van der Waals surface area contributed by atoms with E-state index in [1.54, 1.807) is 12.1 Å². The topological polar surface area (TPSA) is 58.2 Å². The van der Waals surface area contributed by atoms with Crippen LogP contribution in [0.25, 0.3) is 0 Å². The quantitative estimate of drug-likeness (QED) is 0.822. The van der Waals surface area contributed by atoms with Gasteiger partial charge in [-0.2, -0.15) is 0 Å². The van der Waals surface area contributed by atoms with Crippen LogP contribution in [0.15, 0.2) is 64.3 Å². The highest BCUT2D eigenvalue weighted by molar-refractivity contribution is 7.10. The number of halogens is 1. The van der Waals surface area contributed by atoms with Crippen LogP contribution >= 0.6 is 11.3 Å². The van der Waals surface area contributed by atoms with Crippen molar-refractivity contribution in [1.29, 1.82) is 0 Å². The SMILES string of the molecule is CC1=C(C(=O)Nc2ccccc2F)[C@H](c2cccs2)C2=C(CCCC2=O)N1. The number of allylic oxidation sites excluding steroid dienone is 3. The van der Waals surface area contributed by atoms with Crippen LogP contribution in [-0.4, -0.2) is 11.7 Å². The number of rotatable bonds is 3. The molecule has 1 aromatic carbocycles. The fourth-order valence-electron chi connectivity index (χ4n) is 3.78. The van der Waals surface area contributed by atoms with Crippen molar-refractivity contribution in [3.05, 3.63) is 75.0 Å². The largest absolute Gasteiger partial charge is 0.362 e. The second kappa shape index (κ2) is 7.12. The molecule has 0 bridgehead atoms.